The van der Waals surface area contributed by atoms with E-state index in [0.717, 1.165) is 43.2 Å². The molecule has 0 bridgehead atoms. The van der Waals surface area contributed by atoms with Gasteiger partial charge in [0.2, 0.25) is 5.91 Å². The fourth-order valence-electron chi connectivity index (χ4n) is 3.80. The summed E-state index contributed by atoms with van der Waals surface area (Å²) in [6.45, 7) is 5.50. The Kier molecular flexibility index (Phi) is 8.78. The number of nitrogens with zero attached hydrogens (tertiary/aromatic N) is 2. The highest BCUT2D eigenvalue weighted by molar-refractivity contribution is 5.80. The molecule has 2 aromatic carbocycles. The molecule has 1 aliphatic heterocycles. The average Bonchev–Trinajstić information content (AvgIpc) is 2.84. The first-order chi connectivity index (χ1) is 15.6. The summed E-state index contributed by atoms with van der Waals surface area (Å²) in [7, 11) is 3.28. The molecule has 0 aromatic heterocycles. The van der Waals surface area contributed by atoms with Crippen LogP contribution in [0.25, 0.3) is 0 Å². The van der Waals surface area contributed by atoms with Gasteiger partial charge in [0.1, 0.15) is 0 Å². The molecule has 0 radical (unpaired) electrons. The molecule has 0 unspecified atom stereocenters. The Labute approximate surface area is 190 Å². The van der Waals surface area contributed by atoms with E-state index in [-0.39, 0.29) is 5.91 Å². The van der Waals surface area contributed by atoms with Crippen LogP contribution in [0.15, 0.2) is 47.5 Å². The SMILES string of the molecule is CCNC(=NCc1ccccc1)NCCCC(=O)N1CCc2cc(OC)c(OC)cc2C1. The van der Waals surface area contributed by atoms with Gasteiger partial charge in [-0.3, -0.25) is 4.79 Å². The third-order valence-corrected chi connectivity index (χ3v) is 5.54. The number of hydrogen-bond acceptors (Lipinski definition) is 4. The molecule has 1 heterocycles. The summed E-state index contributed by atoms with van der Waals surface area (Å²) in [6.07, 6.45) is 2.09. The molecule has 7 heteroatoms. The standard InChI is InChI=1S/C25H34N4O3/c1-4-26-25(28-17-19-9-6-5-7-10-19)27-13-8-11-24(30)29-14-12-20-15-22(31-2)23(32-3)16-21(20)18-29/h5-7,9-10,15-16H,4,8,11-14,17-18H2,1-3H3,(H2,26,27,28). The van der Waals surface area contributed by atoms with Gasteiger partial charge >= 0.3 is 0 Å². The van der Waals surface area contributed by atoms with Gasteiger partial charge in [0, 0.05) is 32.6 Å². The highest BCUT2D eigenvalue weighted by atomic mass is 16.5. The van der Waals surface area contributed by atoms with Crippen molar-refractivity contribution in [2.75, 3.05) is 33.9 Å². The monoisotopic (exact) mass is 438 g/mol. The van der Waals surface area contributed by atoms with Gasteiger partial charge in [-0.05, 0) is 48.6 Å². The van der Waals surface area contributed by atoms with Gasteiger partial charge in [0.05, 0.1) is 20.8 Å². The molecule has 1 aliphatic rings. The van der Waals surface area contributed by atoms with E-state index < -0.39 is 0 Å². The molecule has 0 saturated heterocycles. The van der Waals surface area contributed by atoms with E-state index in [4.69, 9.17) is 9.47 Å². The van der Waals surface area contributed by atoms with Crippen LogP contribution in [0.2, 0.25) is 0 Å². The number of rotatable bonds is 9. The van der Waals surface area contributed by atoms with Crippen molar-refractivity contribution >= 4 is 11.9 Å². The van der Waals surface area contributed by atoms with Gasteiger partial charge in [-0.15, -0.1) is 0 Å². The molecule has 2 aromatic rings. The summed E-state index contributed by atoms with van der Waals surface area (Å²) in [5.74, 6) is 2.40. The third-order valence-electron chi connectivity index (χ3n) is 5.54. The predicted octanol–water partition coefficient (Wildman–Crippen LogP) is 3.12. The first kappa shape index (κ1) is 23.4. The quantitative estimate of drug-likeness (QED) is 0.357. The van der Waals surface area contributed by atoms with Crippen LogP contribution in [0.5, 0.6) is 11.5 Å². The number of hydrogen-bond donors (Lipinski definition) is 2. The van der Waals surface area contributed by atoms with E-state index >= 15 is 0 Å². The number of carbonyl (C=O) groups excluding carboxylic acids is 1. The Hall–Kier alpha value is -3.22. The van der Waals surface area contributed by atoms with Crippen LogP contribution < -0.4 is 20.1 Å². The third kappa shape index (κ3) is 6.39. The van der Waals surface area contributed by atoms with Crippen LogP contribution in [0.3, 0.4) is 0 Å². The lowest BCUT2D eigenvalue weighted by atomic mass is 9.98. The molecule has 3 rings (SSSR count). The second-order valence-corrected chi connectivity index (χ2v) is 7.75. The van der Waals surface area contributed by atoms with Gasteiger partial charge in [0.15, 0.2) is 17.5 Å². The fraction of sp³-hybridized carbons (Fsp3) is 0.440. The largest absolute Gasteiger partial charge is 0.493 e. The van der Waals surface area contributed by atoms with Crippen molar-refractivity contribution in [3.05, 3.63) is 59.2 Å². The lowest BCUT2D eigenvalue weighted by molar-refractivity contribution is -0.132. The maximum atomic E-state index is 12.8. The van der Waals surface area contributed by atoms with Gasteiger partial charge in [0.25, 0.3) is 0 Å². The molecule has 0 saturated carbocycles. The Bertz CT molecular complexity index is 915. The highest BCUT2D eigenvalue weighted by Gasteiger charge is 2.22. The van der Waals surface area contributed by atoms with Gasteiger partial charge < -0.3 is 25.0 Å². The molecule has 7 nitrogen and oxygen atoms in total. The predicted molar refractivity (Wildman–Crippen MR) is 127 cm³/mol. The summed E-state index contributed by atoms with van der Waals surface area (Å²) in [4.78, 5) is 19.3. The first-order valence-electron chi connectivity index (χ1n) is 11.2. The van der Waals surface area contributed by atoms with E-state index in [1.165, 1.54) is 11.1 Å². The second-order valence-electron chi connectivity index (χ2n) is 7.75. The average molecular weight is 439 g/mol. The Morgan fingerprint density at radius 2 is 1.78 bits per heavy atom. The van der Waals surface area contributed by atoms with Crippen molar-refractivity contribution in [1.82, 2.24) is 15.5 Å². The fourth-order valence-corrected chi connectivity index (χ4v) is 3.80. The maximum Gasteiger partial charge on any atom is 0.222 e. The minimum Gasteiger partial charge on any atom is -0.493 e. The van der Waals surface area contributed by atoms with Crippen molar-refractivity contribution in [2.45, 2.75) is 39.3 Å². The molecule has 0 fully saturated rings. The normalized spacial score (nSPS) is 13.3. The molecule has 172 valence electrons. The summed E-state index contributed by atoms with van der Waals surface area (Å²) in [6, 6.07) is 14.2. The van der Waals surface area contributed by atoms with E-state index in [0.29, 0.717) is 31.8 Å². The lowest BCUT2D eigenvalue weighted by Gasteiger charge is -2.29. The number of ether oxygens (including phenoxy) is 2. The number of aliphatic imine (C=N–C) groups is 1. The number of guanidine groups is 1. The van der Waals surface area contributed by atoms with Crippen molar-refractivity contribution in [3.63, 3.8) is 0 Å². The minimum absolute atomic E-state index is 0.179. The van der Waals surface area contributed by atoms with Crippen molar-refractivity contribution in [1.29, 1.82) is 0 Å². The number of carbonyl (C=O) groups is 1. The van der Waals surface area contributed by atoms with E-state index in [9.17, 15) is 4.79 Å². The van der Waals surface area contributed by atoms with Crippen LogP contribution >= 0.6 is 0 Å². The summed E-state index contributed by atoms with van der Waals surface area (Å²) < 4.78 is 10.8. The topological polar surface area (TPSA) is 75.2 Å². The molecule has 2 N–H and O–H groups in total. The van der Waals surface area contributed by atoms with Crippen molar-refractivity contribution in [3.8, 4) is 11.5 Å². The molecule has 0 aliphatic carbocycles. The molecule has 0 atom stereocenters. The lowest BCUT2D eigenvalue weighted by Crippen LogP contribution is -2.39. The maximum absolute atomic E-state index is 12.8. The summed E-state index contributed by atoms with van der Waals surface area (Å²) in [5, 5.41) is 6.59. The number of methoxy groups -OCH3 is 2. The van der Waals surface area contributed by atoms with Crippen LogP contribution in [-0.2, 0) is 24.3 Å². The summed E-state index contributed by atoms with van der Waals surface area (Å²) >= 11 is 0. The Morgan fingerprint density at radius 1 is 1.06 bits per heavy atom. The zero-order chi connectivity index (χ0) is 22.8. The Balaban J connectivity index is 1.47. The van der Waals surface area contributed by atoms with Crippen molar-refractivity contribution in [2.24, 2.45) is 4.99 Å². The van der Waals surface area contributed by atoms with E-state index in [1.54, 1.807) is 14.2 Å². The number of amides is 1. The van der Waals surface area contributed by atoms with Crippen molar-refractivity contribution < 1.29 is 14.3 Å². The zero-order valence-corrected chi connectivity index (χ0v) is 19.3. The highest BCUT2D eigenvalue weighted by Crippen LogP contribution is 2.33. The number of benzene rings is 2. The van der Waals surface area contributed by atoms with Crippen LogP contribution in [0, 0.1) is 0 Å². The van der Waals surface area contributed by atoms with Gasteiger partial charge in [-0.1, -0.05) is 30.3 Å². The Morgan fingerprint density at radius 3 is 2.47 bits per heavy atom. The van der Waals surface area contributed by atoms with E-state index in [2.05, 4.69) is 27.8 Å². The van der Waals surface area contributed by atoms with E-state index in [1.807, 2.05) is 42.2 Å². The molecule has 1 amide bonds. The van der Waals surface area contributed by atoms with Crippen LogP contribution in [0.4, 0.5) is 0 Å². The molecular weight excluding hydrogens is 404 g/mol. The smallest absolute Gasteiger partial charge is 0.222 e. The zero-order valence-electron chi connectivity index (χ0n) is 19.3. The van der Waals surface area contributed by atoms with Crippen LogP contribution in [-0.4, -0.2) is 50.6 Å². The number of nitrogens with one attached hydrogen (secondary N) is 2. The second kappa shape index (κ2) is 12.0. The minimum atomic E-state index is 0.179. The first-order valence-corrected chi connectivity index (χ1v) is 11.2. The molecule has 0 spiro atoms. The number of fused-ring (bicyclic) bond motifs is 1. The molecule has 32 heavy (non-hydrogen) atoms. The molecular formula is C25H34N4O3. The van der Waals surface area contributed by atoms with Crippen LogP contribution in [0.1, 0.15) is 36.5 Å². The summed E-state index contributed by atoms with van der Waals surface area (Å²) in [5.41, 5.74) is 3.51. The van der Waals surface area contributed by atoms with Gasteiger partial charge in [-0.2, -0.15) is 0 Å². The van der Waals surface area contributed by atoms with Gasteiger partial charge in [-0.25, -0.2) is 4.99 Å².